The van der Waals surface area contributed by atoms with Crippen LogP contribution in [-0.2, 0) is 0 Å². The summed E-state index contributed by atoms with van der Waals surface area (Å²) in [6.45, 7) is 0. The van der Waals surface area contributed by atoms with Crippen molar-refractivity contribution in [2.45, 2.75) is 0 Å². The molecular formula is C21H14FN3O2. The number of halogens is 1. The molecule has 1 N–H and O–H groups in total. The van der Waals surface area contributed by atoms with E-state index < -0.39 is 11.7 Å². The molecule has 0 aliphatic rings. The highest BCUT2D eigenvalue weighted by molar-refractivity contribution is 6.04. The molecule has 0 saturated heterocycles. The fraction of sp³-hybridized carbons (Fsp3) is 0. The van der Waals surface area contributed by atoms with Crippen LogP contribution in [0.1, 0.15) is 10.4 Å². The second kappa shape index (κ2) is 7.21. The maximum absolute atomic E-state index is 13.8. The van der Waals surface area contributed by atoms with E-state index in [-0.39, 0.29) is 5.56 Å². The predicted octanol–water partition coefficient (Wildman–Crippen LogP) is 4.80. The number of rotatable bonds is 4. The molecule has 6 heteroatoms. The Labute approximate surface area is 154 Å². The highest BCUT2D eigenvalue weighted by Gasteiger charge is 2.13. The van der Waals surface area contributed by atoms with E-state index in [1.54, 1.807) is 30.3 Å². The number of carbonyl (C=O) groups is 1. The molecule has 0 atom stereocenters. The Morgan fingerprint density at radius 1 is 0.889 bits per heavy atom. The molecule has 0 bridgehead atoms. The summed E-state index contributed by atoms with van der Waals surface area (Å²) in [6, 6.07) is 22.2. The summed E-state index contributed by atoms with van der Waals surface area (Å²) in [6.07, 6.45) is 0. The van der Waals surface area contributed by atoms with Gasteiger partial charge in [-0.05, 0) is 30.3 Å². The summed E-state index contributed by atoms with van der Waals surface area (Å²) in [5.74, 6) is -0.293. The third-order valence-electron chi connectivity index (χ3n) is 3.94. The van der Waals surface area contributed by atoms with Gasteiger partial charge in [-0.3, -0.25) is 4.79 Å². The summed E-state index contributed by atoms with van der Waals surface area (Å²) in [4.78, 5) is 16.7. The number of anilines is 1. The van der Waals surface area contributed by atoms with Gasteiger partial charge in [0, 0.05) is 16.8 Å². The van der Waals surface area contributed by atoms with Crippen LogP contribution in [0.2, 0.25) is 0 Å². The van der Waals surface area contributed by atoms with Gasteiger partial charge < -0.3 is 9.84 Å². The van der Waals surface area contributed by atoms with Gasteiger partial charge in [-0.15, -0.1) is 0 Å². The van der Waals surface area contributed by atoms with Crippen LogP contribution >= 0.6 is 0 Å². The van der Waals surface area contributed by atoms with Crippen LogP contribution in [-0.4, -0.2) is 16.0 Å². The average molecular weight is 359 g/mol. The molecule has 5 nitrogen and oxygen atoms in total. The number of benzene rings is 3. The van der Waals surface area contributed by atoms with Gasteiger partial charge >= 0.3 is 0 Å². The van der Waals surface area contributed by atoms with Crippen LogP contribution in [0.5, 0.6) is 0 Å². The van der Waals surface area contributed by atoms with Crippen LogP contribution < -0.4 is 5.32 Å². The molecule has 27 heavy (non-hydrogen) atoms. The SMILES string of the molecule is O=C(Nc1cccc(-c2nc(-c3ccccc3)no2)c1)c1ccccc1F. The first-order valence-electron chi connectivity index (χ1n) is 8.26. The lowest BCUT2D eigenvalue weighted by Gasteiger charge is -2.06. The van der Waals surface area contributed by atoms with Gasteiger partial charge in [-0.2, -0.15) is 4.98 Å². The fourth-order valence-electron chi connectivity index (χ4n) is 2.62. The molecule has 0 aliphatic carbocycles. The normalized spacial score (nSPS) is 10.6. The molecule has 0 radical (unpaired) electrons. The van der Waals surface area contributed by atoms with Crippen molar-refractivity contribution in [1.82, 2.24) is 10.1 Å². The highest BCUT2D eigenvalue weighted by Crippen LogP contribution is 2.24. The fourth-order valence-corrected chi connectivity index (χ4v) is 2.62. The zero-order valence-corrected chi connectivity index (χ0v) is 14.1. The van der Waals surface area contributed by atoms with E-state index in [4.69, 9.17) is 4.52 Å². The molecule has 1 aromatic heterocycles. The minimum Gasteiger partial charge on any atom is -0.334 e. The number of nitrogens with zero attached hydrogens (tertiary/aromatic N) is 2. The first-order valence-corrected chi connectivity index (χ1v) is 8.26. The molecule has 0 unspecified atom stereocenters. The number of aromatic nitrogens is 2. The van der Waals surface area contributed by atoms with Crippen molar-refractivity contribution >= 4 is 11.6 Å². The van der Waals surface area contributed by atoms with E-state index in [0.717, 1.165) is 5.56 Å². The summed E-state index contributed by atoms with van der Waals surface area (Å²) in [7, 11) is 0. The Balaban J connectivity index is 1.57. The second-order valence-electron chi connectivity index (χ2n) is 5.80. The largest absolute Gasteiger partial charge is 0.334 e. The lowest BCUT2D eigenvalue weighted by Crippen LogP contribution is -2.13. The maximum Gasteiger partial charge on any atom is 0.258 e. The lowest BCUT2D eigenvalue weighted by atomic mass is 10.1. The summed E-state index contributed by atoms with van der Waals surface area (Å²) < 4.78 is 19.1. The van der Waals surface area contributed by atoms with Gasteiger partial charge in [0.05, 0.1) is 5.56 Å². The van der Waals surface area contributed by atoms with Gasteiger partial charge in [-0.1, -0.05) is 53.7 Å². The van der Waals surface area contributed by atoms with E-state index in [1.165, 1.54) is 18.2 Å². The zero-order valence-electron chi connectivity index (χ0n) is 14.1. The number of amides is 1. The van der Waals surface area contributed by atoms with E-state index in [2.05, 4.69) is 15.5 Å². The monoisotopic (exact) mass is 359 g/mol. The molecule has 0 spiro atoms. The molecule has 1 heterocycles. The second-order valence-corrected chi connectivity index (χ2v) is 5.80. The number of hydrogen-bond acceptors (Lipinski definition) is 4. The Bertz CT molecular complexity index is 1090. The first kappa shape index (κ1) is 16.7. The van der Waals surface area contributed by atoms with E-state index in [1.807, 2.05) is 30.3 Å². The zero-order chi connectivity index (χ0) is 18.6. The van der Waals surface area contributed by atoms with Gasteiger partial charge in [0.2, 0.25) is 5.82 Å². The van der Waals surface area contributed by atoms with Crippen molar-refractivity contribution < 1.29 is 13.7 Å². The van der Waals surface area contributed by atoms with Crippen molar-refractivity contribution in [1.29, 1.82) is 0 Å². The summed E-state index contributed by atoms with van der Waals surface area (Å²) in [5, 5.41) is 6.67. The Hall–Kier alpha value is -3.80. The van der Waals surface area contributed by atoms with Crippen molar-refractivity contribution in [3.8, 4) is 22.8 Å². The molecule has 132 valence electrons. The number of nitrogens with one attached hydrogen (secondary N) is 1. The van der Waals surface area contributed by atoms with Crippen molar-refractivity contribution in [3.05, 3.63) is 90.2 Å². The van der Waals surface area contributed by atoms with E-state index >= 15 is 0 Å². The van der Waals surface area contributed by atoms with Crippen LogP contribution in [0, 0.1) is 5.82 Å². The first-order chi connectivity index (χ1) is 13.2. The summed E-state index contributed by atoms with van der Waals surface area (Å²) >= 11 is 0. The van der Waals surface area contributed by atoms with Crippen LogP contribution in [0.15, 0.2) is 83.4 Å². The molecule has 4 aromatic rings. The van der Waals surface area contributed by atoms with E-state index in [9.17, 15) is 9.18 Å². The third-order valence-corrected chi connectivity index (χ3v) is 3.94. The Kier molecular flexibility index (Phi) is 4.45. The molecule has 3 aromatic carbocycles. The smallest absolute Gasteiger partial charge is 0.258 e. The van der Waals surface area contributed by atoms with Crippen LogP contribution in [0.4, 0.5) is 10.1 Å². The minimum absolute atomic E-state index is 0.0212. The number of hydrogen-bond donors (Lipinski definition) is 1. The number of carbonyl (C=O) groups excluding carboxylic acids is 1. The molecule has 0 aliphatic heterocycles. The average Bonchev–Trinajstić information content (AvgIpc) is 3.19. The van der Waals surface area contributed by atoms with Crippen LogP contribution in [0.25, 0.3) is 22.8 Å². The maximum atomic E-state index is 13.8. The minimum atomic E-state index is -0.574. The van der Waals surface area contributed by atoms with Crippen molar-refractivity contribution in [2.75, 3.05) is 5.32 Å². The molecule has 0 fully saturated rings. The summed E-state index contributed by atoms with van der Waals surface area (Å²) in [5.41, 5.74) is 1.97. The lowest BCUT2D eigenvalue weighted by molar-refractivity contribution is 0.102. The predicted molar refractivity (Wildman–Crippen MR) is 99.5 cm³/mol. The van der Waals surface area contributed by atoms with Gasteiger partial charge in [0.25, 0.3) is 11.8 Å². The highest BCUT2D eigenvalue weighted by atomic mass is 19.1. The van der Waals surface area contributed by atoms with Crippen molar-refractivity contribution in [2.24, 2.45) is 0 Å². The molecule has 0 saturated carbocycles. The molecular weight excluding hydrogens is 345 g/mol. The van der Waals surface area contributed by atoms with Crippen molar-refractivity contribution in [3.63, 3.8) is 0 Å². The Morgan fingerprint density at radius 2 is 1.63 bits per heavy atom. The molecule has 1 amide bonds. The topological polar surface area (TPSA) is 68.0 Å². The van der Waals surface area contributed by atoms with Crippen LogP contribution in [0.3, 0.4) is 0 Å². The van der Waals surface area contributed by atoms with Gasteiger partial charge in [0.1, 0.15) is 5.82 Å². The quantitative estimate of drug-likeness (QED) is 0.568. The van der Waals surface area contributed by atoms with Gasteiger partial charge in [-0.25, -0.2) is 4.39 Å². The Morgan fingerprint density at radius 3 is 2.44 bits per heavy atom. The molecule has 4 rings (SSSR count). The van der Waals surface area contributed by atoms with Gasteiger partial charge in [0.15, 0.2) is 0 Å². The third kappa shape index (κ3) is 3.59. The standard InChI is InChI=1S/C21H14FN3O2/c22-18-12-5-4-11-17(18)20(26)23-16-10-6-9-15(13-16)21-24-19(25-27-21)14-7-2-1-3-8-14/h1-13H,(H,23,26). The van der Waals surface area contributed by atoms with E-state index in [0.29, 0.717) is 23.0 Å².